The summed E-state index contributed by atoms with van der Waals surface area (Å²) in [5.41, 5.74) is 1.53. The van der Waals surface area contributed by atoms with Crippen molar-refractivity contribution in [3.8, 4) is 0 Å². The molecule has 0 aliphatic heterocycles. The Morgan fingerprint density at radius 3 is 2.39 bits per heavy atom. The summed E-state index contributed by atoms with van der Waals surface area (Å²) in [5.74, 6) is 0.537. The van der Waals surface area contributed by atoms with Crippen LogP contribution < -0.4 is 10.2 Å². The number of carbonyl (C=O) groups excluding carboxylic acids is 1. The predicted octanol–water partition coefficient (Wildman–Crippen LogP) is 1.40. The molecule has 0 unspecified atom stereocenters. The van der Waals surface area contributed by atoms with Crippen LogP contribution in [0.4, 0.5) is 5.82 Å². The van der Waals surface area contributed by atoms with E-state index in [0.717, 1.165) is 18.9 Å². The van der Waals surface area contributed by atoms with Gasteiger partial charge >= 0.3 is 0 Å². The van der Waals surface area contributed by atoms with Crippen LogP contribution in [0.1, 0.15) is 16.1 Å². The molecule has 1 N–H and O–H groups in total. The second-order valence-electron chi connectivity index (χ2n) is 5.68. The maximum atomic E-state index is 12.0. The van der Waals surface area contributed by atoms with Crippen LogP contribution in [0.5, 0.6) is 0 Å². The molecular weight excluding hydrogens is 290 g/mol. The lowest BCUT2D eigenvalue weighted by Gasteiger charge is -2.17. The minimum absolute atomic E-state index is 0.198. The number of nitrogens with one attached hydrogen (secondary N) is 1. The van der Waals surface area contributed by atoms with Crippen molar-refractivity contribution in [3.63, 3.8) is 0 Å². The average molecular weight is 313 g/mol. The topological polar surface area (TPSA) is 61.4 Å². The Balaban J connectivity index is 1.92. The van der Waals surface area contributed by atoms with Crippen LogP contribution in [-0.2, 0) is 6.54 Å². The molecule has 1 heterocycles. The van der Waals surface area contributed by atoms with Crippen LogP contribution in [0.2, 0.25) is 0 Å². The fraction of sp³-hybridized carbons (Fsp3) is 0.353. The number of likely N-dealkylation sites (N-methyl/N-ethyl adjacent to an activating group) is 1. The first-order valence-corrected chi connectivity index (χ1v) is 7.58. The van der Waals surface area contributed by atoms with Crippen molar-refractivity contribution in [2.24, 2.45) is 0 Å². The van der Waals surface area contributed by atoms with E-state index in [1.807, 2.05) is 55.2 Å². The quantitative estimate of drug-likeness (QED) is 0.837. The molecule has 0 atom stereocenters. The van der Waals surface area contributed by atoms with E-state index in [9.17, 15) is 4.79 Å². The Morgan fingerprint density at radius 1 is 1.04 bits per heavy atom. The Morgan fingerprint density at radius 2 is 1.78 bits per heavy atom. The molecule has 0 saturated carbocycles. The molecule has 6 heteroatoms. The highest BCUT2D eigenvalue weighted by Crippen LogP contribution is 2.11. The first-order valence-electron chi connectivity index (χ1n) is 7.58. The SMILES string of the molecule is CN(C)CCNC(=O)c1ccc(N(C)Cc2ccccc2)nn1. The molecule has 0 aliphatic carbocycles. The highest BCUT2D eigenvalue weighted by Gasteiger charge is 2.09. The van der Waals surface area contributed by atoms with Gasteiger partial charge in [-0.05, 0) is 31.8 Å². The zero-order valence-electron chi connectivity index (χ0n) is 13.9. The molecule has 6 nitrogen and oxygen atoms in total. The van der Waals surface area contributed by atoms with E-state index < -0.39 is 0 Å². The third-order valence-corrected chi connectivity index (χ3v) is 3.38. The third-order valence-electron chi connectivity index (χ3n) is 3.38. The maximum Gasteiger partial charge on any atom is 0.271 e. The summed E-state index contributed by atoms with van der Waals surface area (Å²) in [7, 11) is 5.88. The zero-order chi connectivity index (χ0) is 16.7. The average Bonchev–Trinajstić information content (AvgIpc) is 2.55. The lowest BCUT2D eigenvalue weighted by atomic mass is 10.2. The van der Waals surface area contributed by atoms with Gasteiger partial charge in [0.05, 0.1) is 0 Å². The van der Waals surface area contributed by atoms with Gasteiger partial charge in [-0.2, -0.15) is 0 Å². The molecule has 0 bridgehead atoms. The zero-order valence-corrected chi connectivity index (χ0v) is 13.9. The van der Waals surface area contributed by atoms with Gasteiger partial charge in [0.2, 0.25) is 0 Å². The van der Waals surface area contributed by atoms with Crippen LogP contribution in [-0.4, -0.2) is 55.2 Å². The number of carbonyl (C=O) groups is 1. The van der Waals surface area contributed by atoms with Crippen molar-refractivity contribution in [1.82, 2.24) is 20.4 Å². The molecule has 23 heavy (non-hydrogen) atoms. The summed E-state index contributed by atoms with van der Waals surface area (Å²) in [6, 6.07) is 13.7. The van der Waals surface area contributed by atoms with E-state index in [-0.39, 0.29) is 5.91 Å². The predicted molar refractivity (Wildman–Crippen MR) is 91.5 cm³/mol. The van der Waals surface area contributed by atoms with Crippen LogP contribution in [0.3, 0.4) is 0 Å². The van der Waals surface area contributed by atoms with Gasteiger partial charge in [-0.1, -0.05) is 30.3 Å². The first kappa shape index (κ1) is 16.9. The van der Waals surface area contributed by atoms with Crippen molar-refractivity contribution in [2.75, 3.05) is 39.1 Å². The van der Waals surface area contributed by atoms with Gasteiger partial charge in [0.15, 0.2) is 11.5 Å². The van der Waals surface area contributed by atoms with Gasteiger partial charge in [0.1, 0.15) is 0 Å². The largest absolute Gasteiger partial charge is 0.354 e. The van der Waals surface area contributed by atoms with Gasteiger partial charge in [0.25, 0.3) is 5.91 Å². The summed E-state index contributed by atoms with van der Waals surface area (Å²) >= 11 is 0. The van der Waals surface area contributed by atoms with E-state index in [1.54, 1.807) is 6.07 Å². The summed E-state index contributed by atoms with van der Waals surface area (Å²) in [6.45, 7) is 2.12. The number of anilines is 1. The number of nitrogens with zero attached hydrogens (tertiary/aromatic N) is 4. The Hall–Kier alpha value is -2.47. The summed E-state index contributed by atoms with van der Waals surface area (Å²) < 4.78 is 0. The molecule has 2 rings (SSSR count). The monoisotopic (exact) mass is 313 g/mol. The van der Waals surface area contributed by atoms with Crippen molar-refractivity contribution in [1.29, 1.82) is 0 Å². The minimum Gasteiger partial charge on any atom is -0.354 e. The van der Waals surface area contributed by atoms with Crippen LogP contribution >= 0.6 is 0 Å². The highest BCUT2D eigenvalue weighted by atomic mass is 16.1. The number of rotatable bonds is 7. The molecular formula is C17H23N5O. The van der Waals surface area contributed by atoms with Gasteiger partial charge in [-0.15, -0.1) is 10.2 Å². The number of hydrogen-bond donors (Lipinski definition) is 1. The van der Waals surface area contributed by atoms with Gasteiger partial charge in [-0.3, -0.25) is 4.79 Å². The van der Waals surface area contributed by atoms with Gasteiger partial charge in [0, 0.05) is 26.7 Å². The van der Waals surface area contributed by atoms with E-state index in [0.29, 0.717) is 12.2 Å². The Labute approximate surface area is 137 Å². The van der Waals surface area contributed by atoms with Crippen LogP contribution in [0.25, 0.3) is 0 Å². The summed E-state index contributed by atoms with van der Waals surface area (Å²) in [5, 5.41) is 11.0. The number of hydrogen-bond acceptors (Lipinski definition) is 5. The van der Waals surface area contributed by atoms with Crippen molar-refractivity contribution >= 4 is 11.7 Å². The molecule has 1 aromatic carbocycles. The number of amides is 1. The lowest BCUT2D eigenvalue weighted by Crippen LogP contribution is -2.32. The molecule has 2 aromatic rings. The van der Waals surface area contributed by atoms with E-state index >= 15 is 0 Å². The molecule has 0 aliphatic rings. The molecule has 0 saturated heterocycles. The normalized spacial score (nSPS) is 10.6. The van der Waals surface area contributed by atoms with Crippen LogP contribution in [0.15, 0.2) is 42.5 Å². The first-order chi connectivity index (χ1) is 11.1. The lowest BCUT2D eigenvalue weighted by molar-refractivity contribution is 0.0945. The standard InChI is InChI=1S/C17H23N5O/c1-21(2)12-11-18-17(23)15-9-10-16(20-19-15)22(3)13-14-7-5-4-6-8-14/h4-10H,11-13H2,1-3H3,(H,18,23). The molecule has 122 valence electrons. The minimum atomic E-state index is -0.198. The number of benzene rings is 1. The molecule has 0 spiro atoms. The fourth-order valence-corrected chi connectivity index (χ4v) is 2.07. The summed E-state index contributed by atoms with van der Waals surface area (Å²) in [4.78, 5) is 16.0. The van der Waals surface area contributed by atoms with Crippen molar-refractivity contribution < 1.29 is 4.79 Å². The van der Waals surface area contributed by atoms with Gasteiger partial charge < -0.3 is 15.1 Å². The van der Waals surface area contributed by atoms with Crippen molar-refractivity contribution in [3.05, 3.63) is 53.7 Å². The Kier molecular flexibility index (Phi) is 6.05. The fourth-order valence-electron chi connectivity index (χ4n) is 2.07. The molecule has 0 radical (unpaired) electrons. The Bertz CT molecular complexity index is 613. The second kappa shape index (κ2) is 8.24. The molecule has 0 fully saturated rings. The third kappa shape index (κ3) is 5.34. The highest BCUT2D eigenvalue weighted by molar-refractivity contribution is 5.92. The number of aromatic nitrogens is 2. The maximum absolute atomic E-state index is 12.0. The summed E-state index contributed by atoms with van der Waals surface area (Å²) in [6.07, 6.45) is 0. The van der Waals surface area contributed by atoms with Crippen molar-refractivity contribution in [2.45, 2.75) is 6.54 Å². The molecule has 1 aromatic heterocycles. The van der Waals surface area contributed by atoms with Gasteiger partial charge in [-0.25, -0.2) is 0 Å². The van der Waals surface area contributed by atoms with E-state index in [1.165, 1.54) is 5.56 Å². The smallest absolute Gasteiger partial charge is 0.271 e. The van der Waals surface area contributed by atoms with Crippen LogP contribution in [0, 0.1) is 0 Å². The second-order valence-corrected chi connectivity index (χ2v) is 5.68. The van der Waals surface area contributed by atoms with E-state index in [2.05, 4.69) is 27.6 Å². The molecule has 1 amide bonds. The van der Waals surface area contributed by atoms with E-state index in [4.69, 9.17) is 0 Å².